The highest BCUT2D eigenvalue weighted by molar-refractivity contribution is 6.35. The predicted molar refractivity (Wildman–Crippen MR) is 183 cm³/mol. The van der Waals surface area contributed by atoms with Gasteiger partial charge in [-0.05, 0) is 105 Å². The van der Waals surface area contributed by atoms with Crippen LogP contribution >= 0.6 is 23.2 Å². The molecule has 2 heterocycles. The molecule has 3 aliphatic rings. The summed E-state index contributed by atoms with van der Waals surface area (Å²) in [5.41, 5.74) is 1.11. The van der Waals surface area contributed by atoms with E-state index in [1.807, 2.05) is 0 Å². The zero-order valence-corrected chi connectivity index (χ0v) is 29.1. The fraction of sp³-hybridized carbons (Fsp3) is 0.486. The number of benzene rings is 2. The highest BCUT2D eigenvalue weighted by atomic mass is 35.5. The number of likely N-dealkylation sites (tertiary alicyclic amines) is 1. The molecule has 2 saturated carbocycles. The monoisotopic (exact) mass is 732 g/mol. The Morgan fingerprint density at radius 3 is 2.16 bits per heavy atom. The van der Waals surface area contributed by atoms with Crippen LogP contribution in [0.5, 0.6) is 17.2 Å². The molecular weight excluding hydrogens is 693 g/mol. The van der Waals surface area contributed by atoms with E-state index in [2.05, 4.69) is 9.88 Å². The van der Waals surface area contributed by atoms with Gasteiger partial charge in [-0.1, -0.05) is 35.7 Å². The van der Waals surface area contributed by atoms with Crippen LogP contribution in [-0.4, -0.2) is 67.9 Å². The van der Waals surface area contributed by atoms with Crippen LogP contribution in [0.15, 0.2) is 48.8 Å². The molecule has 9 nitrogen and oxygen atoms in total. The van der Waals surface area contributed by atoms with Gasteiger partial charge in [-0.3, -0.25) is 9.88 Å². The van der Waals surface area contributed by atoms with Gasteiger partial charge in [-0.2, -0.15) is 8.78 Å². The molecule has 268 valence electrons. The van der Waals surface area contributed by atoms with Crippen LogP contribution < -0.4 is 14.2 Å². The van der Waals surface area contributed by atoms with Gasteiger partial charge in [0.15, 0.2) is 11.5 Å². The molecule has 1 aliphatic heterocycles. The number of alkyl halides is 2. The zero-order chi connectivity index (χ0) is 35.0. The van der Waals surface area contributed by atoms with Gasteiger partial charge in [0.05, 0.1) is 28.8 Å². The second-order valence-electron chi connectivity index (χ2n) is 13.0. The van der Waals surface area contributed by atoms with Gasteiger partial charge in [0.1, 0.15) is 24.0 Å². The summed E-state index contributed by atoms with van der Waals surface area (Å²) in [6.45, 7) is 0.520. The van der Waals surface area contributed by atoms with Crippen LogP contribution in [0, 0.1) is 11.8 Å². The van der Waals surface area contributed by atoms with Crippen molar-refractivity contribution in [3.05, 3.63) is 81.1 Å². The van der Waals surface area contributed by atoms with E-state index in [0.29, 0.717) is 48.5 Å². The normalized spacial score (nSPS) is 16.9. The molecule has 1 aromatic heterocycles. The quantitative estimate of drug-likeness (QED) is 0.127. The number of hydrogen-bond donors (Lipinski definition) is 0. The molecule has 6 rings (SSSR count). The molecule has 3 aromatic rings. The summed E-state index contributed by atoms with van der Waals surface area (Å²) in [4.78, 5) is 33.5. The van der Waals surface area contributed by atoms with E-state index >= 15 is 0 Å². The molecule has 0 bridgehead atoms. The lowest BCUT2D eigenvalue weighted by molar-refractivity contribution is -0.0515. The van der Waals surface area contributed by atoms with Gasteiger partial charge < -0.3 is 23.7 Å². The van der Waals surface area contributed by atoms with Crippen molar-refractivity contribution in [3.63, 3.8) is 0 Å². The largest absolute Gasteiger partial charge is 0.492 e. The van der Waals surface area contributed by atoms with Crippen molar-refractivity contribution in [1.82, 2.24) is 9.88 Å². The van der Waals surface area contributed by atoms with Crippen LogP contribution in [0.2, 0.25) is 10.0 Å². The Morgan fingerprint density at radius 2 is 1.50 bits per heavy atom. The number of nitrogens with zero attached hydrogens (tertiary/aromatic N) is 2. The molecule has 0 radical (unpaired) electrons. The first-order chi connectivity index (χ1) is 24.2. The zero-order valence-electron chi connectivity index (χ0n) is 27.6. The van der Waals surface area contributed by atoms with Gasteiger partial charge in [0.2, 0.25) is 0 Å². The molecule has 1 saturated heterocycles. The third-order valence-corrected chi connectivity index (χ3v) is 9.67. The second-order valence-corrected chi connectivity index (χ2v) is 13.8. The molecule has 2 aliphatic carbocycles. The van der Waals surface area contributed by atoms with Gasteiger partial charge in [0, 0.05) is 25.4 Å². The molecule has 0 amide bonds. The van der Waals surface area contributed by atoms with Crippen molar-refractivity contribution in [2.75, 3.05) is 39.5 Å². The van der Waals surface area contributed by atoms with Crippen LogP contribution in [0.1, 0.15) is 82.9 Å². The third-order valence-electron chi connectivity index (χ3n) is 9.01. The average Bonchev–Trinajstić information content (AvgIpc) is 4.04. The Labute approximate surface area is 300 Å². The fourth-order valence-corrected chi connectivity index (χ4v) is 6.25. The van der Waals surface area contributed by atoms with E-state index in [1.165, 1.54) is 49.1 Å². The second kappa shape index (κ2) is 17.0. The van der Waals surface area contributed by atoms with Gasteiger partial charge >= 0.3 is 18.6 Å². The van der Waals surface area contributed by atoms with Gasteiger partial charge in [-0.15, -0.1) is 0 Å². The number of piperidine rings is 1. The number of hydrogen-bond acceptors (Lipinski definition) is 9. The maximum atomic E-state index is 13.8. The summed E-state index contributed by atoms with van der Waals surface area (Å²) in [5.74, 6) is -0.291. The molecule has 13 heteroatoms. The highest BCUT2D eigenvalue weighted by Gasteiger charge is 2.28. The summed E-state index contributed by atoms with van der Waals surface area (Å²) >= 11 is 12.9. The van der Waals surface area contributed by atoms with E-state index < -0.39 is 24.7 Å². The minimum absolute atomic E-state index is 0.0248. The number of halogens is 4. The lowest BCUT2D eigenvalue weighted by atomic mass is 10.0. The van der Waals surface area contributed by atoms with E-state index in [-0.39, 0.29) is 45.7 Å². The lowest BCUT2D eigenvalue weighted by Gasteiger charge is -2.26. The third kappa shape index (κ3) is 10.2. The van der Waals surface area contributed by atoms with E-state index in [0.717, 1.165) is 51.6 Å². The molecular formula is C37H40Cl2F2N2O7. The van der Waals surface area contributed by atoms with Crippen molar-refractivity contribution >= 4 is 35.1 Å². The molecule has 3 fully saturated rings. The van der Waals surface area contributed by atoms with Crippen LogP contribution in [0.4, 0.5) is 8.78 Å². The summed E-state index contributed by atoms with van der Waals surface area (Å²) < 4.78 is 54.8. The van der Waals surface area contributed by atoms with Crippen molar-refractivity contribution in [2.45, 2.75) is 64.1 Å². The maximum Gasteiger partial charge on any atom is 0.387 e. The lowest BCUT2D eigenvalue weighted by Crippen LogP contribution is -2.33. The van der Waals surface area contributed by atoms with E-state index in [1.54, 1.807) is 6.07 Å². The summed E-state index contributed by atoms with van der Waals surface area (Å²) in [7, 11) is 0. The summed E-state index contributed by atoms with van der Waals surface area (Å²) in [6, 6.07) is 8.91. The summed E-state index contributed by atoms with van der Waals surface area (Å²) in [6.07, 6.45) is 9.43. The SMILES string of the molecule is O=C(O[C@@H](Cc1c(Cl)cncc1Cl)c1ccc(OC(F)F)c(OCC2CC2)c1)c1ccc(OCC2CC2)c(C(=O)OCCN2CCCCC2)c1. The Hall–Kier alpha value is -3.67. The molecule has 0 N–H and O–H groups in total. The number of ether oxygens (including phenoxy) is 5. The smallest absolute Gasteiger partial charge is 0.387 e. The fourth-order valence-electron chi connectivity index (χ4n) is 5.73. The van der Waals surface area contributed by atoms with Crippen LogP contribution in [0.3, 0.4) is 0 Å². The van der Waals surface area contributed by atoms with Crippen molar-refractivity contribution in [1.29, 1.82) is 0 Å². The number of esters is 2. The minimum Gasteiger partial charge on any atom is -0.492 e. The standard InChI is InChI=1S/C37H40Cl2F2N2O7/c38-29-19-42-20-30(39)27(29)18-33(25-8-11-32(50-37(40)41)34(17-25)48-22-24-6-7-24)49-35(44)26-9-10-31(47-21-23-4-5-23)28(16-26)36(45)46-15-14-43-12-2-1-3-13-43/h8-11,16-17,19-20,23-24,33,37H,1-7,12-15,18,21-22H2/t33-/m0/s1. The Kier molecular flexibility index (Phi) is 12.3. The summed E-state index contributed by atoms with van der Waals surface area (Å²) in [5, 5.41) is 0.515. The van der Waals surface area contributed by atoms with E-state index in [4.69, 9.17) is 46.9 Å². The first-order valence-electron chi connectivity index (χ1n) is 17.1. The molecule has 2 aromatic carbocycles. The Balaban J connectivity index is 1.25. The predicted octanol–water partition coefficient (Wildman–Crippen LogP) is 8.35. The number of carbonyl (C=O) groups excluding carboxylic acids is 2. The van der Waals surface area contributed by atoms with Crippen LogP contribution in [0.25, 0.3) is 0 Å². The first-order valence-corrected chi connectivity index (χ1v) is 17.9. The number of carbonyl (C=O) groups is 2. The molecule has 0 spiro atoms. The van der Waals surface area contributed by atoms with Crippen molar-refractivity contribution in [2.24, 2.45) is 11.8 Å². The maximum absolute atomic E-state index is 13.8. The van der Waals surface area contributed by atoms with Crippen molar-refractivity contribution in [3.8, 4) is 17.2 Å². The number of pyridine rings is 1. The van der Waals surface area contributed by atoms with Gasteiger partial charge in [-0.25, -0.2) is 9.59 Å². The van der Waals surface area contributed by atoms with E-state index in [9.17, 15) is 18.4 Å². The Bertz CT molecular complexity index is 1630. The van der Waals surface area contributed by atoms with Crippen molar-refractivity contribution < 1.29 is 42.1 Å². The van der Waals surface area contributed by atoms with Crippen LogP contribution in [-0.2, 0) is 15.9 Å². The minimum atomic E-state index is -3.06. The molecule has 50 heavy (non-hydrogen) atoms. The average molecular weight is 734 g/mol. The Morgan fingerprint density at radius 1 is 0.840 bits per heavy atom. The number of rotatable bonds is 17. The first kappa shape index (κ1) is 36.1. The molecule has 0 unspecified atom stereocenters. The topological polar surface area (TPSA) is 96.4 Å². The van der Waals surface area contributed by atoms with Gasteiger partial charge in [0.25, 0.3) is 0 Å². The highest BCUT2D eigenvalue weighted by Crippen LogP contribution is 2.38. The number of aromatic nitrogens is 1. The molecule has 1 atom stereocenters.